The van der Waals surface area contributed by atoms with E-state index < -0.39 is 5.63 Å². The van der Waals surface area contributed by atoms with Crippen molar-refractivity contribution in [3.05, 3.63) is 57.2 Å². The fourth-order valence-electron chi connectivity index (χ4n) is 3.34. The second-order valence-corrected chi connectivity index (χ2v) is 8.86. The summed E-state index contributed by atoms with van der Waals surface area (Å²) in [5, 5.41) is 6.68. The van der Waals surface area contributed by atoms with Crippen LogP contribution >= 0.6 is 22.9 Å². The minimum absolute atomic E-state index is 0.346. The summed E-state index contributed by atoms with van der Waals surface area (Å²) in [5.41, 5.74) is 1.25. The molecular weight excluding hydrogens is 478 g/mol. The molecule has 10 heteroatoms. The van der Waals surface area contributed by atoms with Crippen LogP contribution in [0.2, 0.25) is 5.02 Å². The van der Waals surface area contributed by atoms with Crippen molar-refractivity contribution in [2.45, 2.75) is 0 Å². The fraction of sp³-hybridized carbons (Fsp3) is 0.250. The van der Waals surface area contributed by atoms with Crippen molar-refractivity contribution in [2.24, 2.45) is 0 Å². The maximum atomic E-state index is 12.6. The second-order valence-electron chi connectivity index (χ2n) is 7.59. The van der Waals surface area contributed by atoms with Gasteiger partial charge in [-0.05, 0) is 38.4 Å². The highest BCUT2D eigenvalue weighted by molar-refractivity contribution is 7.14. The Balaban J connectivity index is 1.66. The molecule has 2 aromatic carbocycles. The average Bonchev–Trinajstić information content (AvgIpc) is 3.27. The van der Waals surface area contributed by atoms with Gasteiger partial charge in [0.05, 0.1) is 30.5 Å². The zero-order valence-electron chi connectivity index (χ0n) is 19.2. The molecule has 0 atom stereocenters. The number of thiazole rings is 1. The Morgan fingerprint density at radius 1 is 1.15 bits per heavy atom. The van der Waals surface area contributed by atoms with Gasteiger partial charge in [-0.1, -0.05) is 23.7 Å². The number of hydrogen-bond donors (Lipinski definition) is 1. The van der Waals surface area contributed by atoms with Gasteiger partial charge in [0.25, 0.3) is 0 Å². The largest absolute Gasteiger partial charge is 0.494 e. The molecule has 0 saturated carbocycles. The van der Waals surface area contributed by atoms with Crippen molar-refractivity contribution < 1.29 is 18.6 Å². The number of methoxy groups -OCH3 is 2. The summed E-state index contributed by atoms with van der Waals surface area (Å²) in [6.45, 7) is 1.26. The summed E-state index contributed by atoms with van der Waals surface area (Å²) in [7, 11) is 7.10. The first-order valence-corrected chi connectivity index (χ1v) is 11.6. The molecule has 0 unspecified atom stereocenters. The number of aromatic nitrogens is 1. The van der Waals surface area contributed by atoms with Crippen LogP contribution in [0.3, 0.4) is 0 Å². The van der Waals surface area contributed by atoms with Crippen molar-refractivity contribution in [3.63, 3.8) is 0 Å². The van der Waals surface area contributed by atoms with Crippen molar-refractivity contribution in [1.29, 1.82) is 0 Å². The second kappa shape index (κ2) is 10.3. The fourth-order valence-corrected chi connectivity index (χ4v) is 4.27. The maximum absolute atomic E-state index is 12.6. The van der Waals surface area contributed by atoms with Gasteiger partial charge >= 0.3 is 5.63 Å². The minimum atomic E-state index is -0.510. The summed E-state index contributed by atoms with van der Waals surface area (Å²) < 4.78 is 22.5. The van der Waals surface area contributed by atoms with Crippen LogP contribution in [0.4, 0.5) is 10.8 Å². The molecule has 1 N–H and O–H groups in total. The van der Waals surface area contributed by atoms with E-state index in [4.69, 9.17) is 30.2 Å². The third-order valence-corrected chi connectivity index (χ3v) is 6.08. The van der Waals surface area contributed by atoms with Gasteiger partial charge in [-0.3, -0.25) is 0 Å². The minimum Gasteiger partial charge on any atom is -0.494 e. The topological polar surface area (TPSA) is 86.1 Å². The molecular formula is C24H24ClN3O5S. The molecule has 0 amide bonds. The molecule has 4 rings (SSSR count). The Morgan fingerprint density at radius 2 is 1.94 bits per heavy atom. The van der Waals surface area contributed by atoms with Gasteiger partial charge in [-0.2, -0.15) is 0 Å². The first-order valence-electron chi connectivity index (χ1n) is 10.4. The number of benzene rings is 2. The van der Waals surface area contributed by atoms with E-state index in [2.05, 4.69) is 10.3 Å². The normalized spacial score (nSPS) is 11.1. The molecule has 0 spiro atoms. The molecule has 4 aromatic rings. The number of fused-ring (bicyclic) bond motifs is 1. The van der Waals surface area contributed by atoms with E-state index >= 15 is 0 Å². The average molecular weight is 502 g/mol. The molecule has 0 aliphatic heterocycles. The highest BCUT2D eigenvalue weighted by atomic mass is 35.5. The third-order valence-electron chi connectivity index (χ3n) is 5.03. The van der Waals surface area contributed by atoms with E-state index in [9.17, 15) is 4.79 Å². The summed E-state index contributed by atoms with van der Waals surface area (Å²) >= 11 is 7.48. The number of rotatable bonds is 9. The number of hydrogen-bond acceptors (Lipinski definition) is 9. The lowest BCUT2D eigenvalue weighted by Crippen LogP contribution is -2.19. The van der Waals surface area contributed by atoms with Crippen molar-refractivity contribution >= 4 is 44.7 Å². The highest BCUT2D eigenvalue weighted by Crippen LogP contribution is 2.44. The molecule has 0 aliphatic carbocycles. The van der Waals surface area contributed by atoms with Gasteiger partial charge in [-0.15, -0.1) is 11.3 Å². The van der Waals surface area contributed by atoms with Crippen molar-refractivity contribution in [2.75, 3.05) is 46.8 Å². The van der Waals surface area contributed by atoms with Crippen molar-refractivity contribution in [3.8, 4) is 28.5 Å². The smallest absolute Gasteiger partial charge is 0.345 e. The van der Waals surface area contributed by atoms with Gasteiger partial charge in [0.15, 0.2) is 22.2 Å². The zero-order valence-corrected chi connectivity index (χ0v) is 20.7. The van der Waals surface area contributed by atoms with E-state index in [-0.39, 0.29) is 0 Å². The van der Waals surface area contributed by atoms with Gasteiger partial charge < -0.3 is 28.8 Å². The number of ether oxygens (including phenoxy) is 3. The predicted octanol–water partition coefficient (Wildman–Crippen LogP) is 5.27. The van der Waals surface area contributed by atoms with Crippen LogP contribution in [0.1, 0.15) is 0 Å². The standard InChI is InChI=1S/C24H24ClN3O5S/c1-28(2)10-11-32-19-9-8-18(30-3)20(22(19)31-4)27-24-26-17(13-34-24)15-12-14-6-5-7-16(25)21(14)33-23(15)29/h5-9,12-13H,10-11H2,1-4H3,(H,26,27). The Morgan fingerprint density at radius 3 is 2.68 bits per heavy atom. The molecule has 34 heavy (non-hydrogen) atoms. The molecule has 0 bridgehead atoms. The van der Waals surface area contributed by atoms with Crippen molar-refractivity contribution in [1.82, 2.24) is 9.88 Å². The van der Waals surface area contributed by atoms with Crippen LogP contribution in [-0.2, 0) is 0 Å². The number of para-hydroxylation sites is 1. The van der Waals surface area contributed by atoms with Crippen LogP contribution < -0.4 is 25.2 Å². The number of anilines is 2. The molecule has 0 aliphatic rings. The molecule has 2 heterocycles. The highest BCUT2D eigenvalue weighted by Gasteiger charge is 2.19. The van der Waals surface area contributed by atoms with Gasteiger partial charge in [-0.25, -0.2) is 9.78 Å². The van der Waals surface area contributed by atoms with Gasteiger partial charge in [0.1, 0.15) is 18.0 Å². The van der Waals surface area contributed by atoms with Crippen LogP contribution in [0, 0.1) is 0 Å². The predicted molar refractivity (Wildman–Crippen MR) is 135 cm³/mol. The van der Waals surface area contributed by atoms with E-state index in [1.165, 1.54) is 11.3 Å². The Kier molecular flexibility index (Phi) is 7.26. The first kappa shape index (κ1) is 23.9. The van der Waals surface area contributed by atoms with Crippen LogP contribution in [-0.4, -0.2) is 51.4 Å². The lowest BCUT2D eigenvalue weighted by atomic mass is 10.1. The first-order chi connectivity index (χ1) is 16.4. The quantitative estimate of drug-likeness (QED) is 0.310. The number of nitrogens with zero attached hydrogens (tertiary/aromatic N) is 2. The molecule has 178 valence electrons. The molecule has 0 fully saturated rings. The van der Waals surface area contributed by atoms with Gasteiger partial charge in [0.2, 0.25) is 0 Å². The number of halogens is 1. The molecule has 0 radical (unpaired) electrons. The zero-order chi connectivity index (χ0) is 24.2. The molecule has 8 nitrogen and oxygen atoms in total. The lowest BCUT2D eigenvalue weighted by molar-refractivity contribution is 0.250. The molecule has 0 saturated heterocycles. The number of likely N-dealkylation sites (N-methyl/N-ethyl adjacent to an activating group) is 1. The Hall–Kier alpha value is -3.27. The lowest BCUT2D eigenvalue weighted by Gasteiger charge is -2.18. The Bertz CT molecular complexity index is 1370. The van der Waals surface area contributed by atoms with Crippen LogP contribution in [0.5, 0.6) is 17.2 Å². The summed E-state index contributed by atoms with van der Waals surface area (Å²) in [5.74, 6) is 1.64. The third kappa shape index (κ3) is 4.96. The molecule has 2 aromatic heterocycles. The summed E-state index contributed by atoms with van der Waals surface area (Å²) in [6, 6.07) is 10.6. The van der Waals surface area contributed by atoms with Crippen LogP contribution in [0.15, 0.2) is 51.0 Å². The van der Waals surface area contributed by atoms with Gasteiger partial charge in [0, 0.05) is 17.3 Å². The van der Waals surface area contributed by atoms with E-state index in [0.29, 0.717) is 56.5 Å². The van der Waals surface area contributed by atoms with Crippen LogP contribution in [0.25, 0.3) is 22.2 Å². The van der Waals surface area contributed by atoms with E-state index in [1.807, 2.05) is 25.1 Å². The van der Waals surface area contributed by atoms with E-state index in [1.54, 1.807) is 49.9 Å². The Labute approximate surface area is 205 Å². The van der Waals surface area contributed by atoms with E-state index in [0.717, 1.165) is 11.9 Å². The maximum Gasteiger partial charge on any atom is 0.345 e. The summed E-state index contributed by atoms with van der Waals surface area (Å²) in [6.07, 6.45) is 0. The monoisotopic (exact) mass is 501 g/mol. The summed E-state index contributed by atoms with van der Waals surface area (Å²) in [4.78, 5) is 19.2. The number of nitrogens with one attached hydrogen (secondary N) is 1. The SMILES string of the molecule is COc1ccc(OCCN(C)C)c(OC)c1Nc1nc(-c2cc3cccc(Cl)c3oc2=O)cs1.